The van der Waals surface area contributed by atoms with Gasteiger partial charge in [-0.2, -0.15) is 0 Å². The lowest BCUT2D eigenvalue weighted by atomic mass is 10.1. The Hall–Kier alpha value is -4.20. The molecule has 0 unspecified atom stereocenters. The molecule has 0 aliphatic rings. The molecule has 0 atom stereocenters. The van der Waals surface area contributed by atoms with Crippen LogP contribution in [0, 0.1) is 0 Å². The molecule has 8 nitrogen and oxygen atoms in total. The van der Waals surface area contributed by atoms with E-state index in [1.54, 1.807) is 12.1 Å². The molecule has 0 spiro atoms. The van der Waals surface area contributed by atoms with Crippen molar-refractivity contribution in [3.05, 3.63) is 72.3 Å². The Labute approximate surface area is 190 Å². The maximum atomic E-state index is 12.2. The highest BCUT2D eigenvalue weighted by atomic mass is 16.5. The van der Waals surface area contributed by atoms with Gasteiger partial charge in [-0.05, 0) is 42.1 Å². The van der Waals surface area contributed by atoms with Crippen LogP contribution in [0.15, 0.2) is 66.7 Å². The van der Waals surface area contributed by atoms with Gasteiger partial charge in [0.25, 0.3) is 5.91 Å². The number of carbonyl (C=O) groups is 4. The van der Waals surface area contributed by atoms with E-state index in [9.17, 15) is 19.2 Å². The second-order valence-corrected chi connectivity index (χ2v) is 7.21. The number of carbonyl (C=O) groups excluding carboxylic acids is 4. The van der Waals surface area contributed by atoms with Crippen LogP contribution in [0.25, 0.3) is 10.8 Å². The molecule has 8 heteroatoms. The second-order valence-electron chi connectivity index (χ2n) is 7.21. The minimum atomic E-state index is -0.566. The minimum absolute atomic E-state index is 0.0179. The lowest BCUT2D eigenvalue weighted by Gasteiger charge is -2.09. The van der Waals surface area contributed by atoms with Gasteiger partial charge in [0.15, 0.2) is 6.61 Å². The number of anilines is 2. The number of amides is 2. The number of nitrogens with one attached hydrogen (secondary N) is 2. The number of methoxy groups -OCH3 is 1. The average molecular weight is 448 g/mol. The minimum Gasteiger partial charge on any atom is -0.465 e. The first-order valence-corrected chi connectivity index (χ1v) is 10.4. The van der Waals surface area contributed by atoms with Gasteiger partial charge in [0.05, 0.1) is 12.7 Å². The van der Waals surface area contributed by atoms with Gasteiger partial charge in [-0.1, -0.05) is 36.4 Å². The van der Waals surface area contributed by atoms with Gasteiger partial charge in [0.1, 0.15) is 0 Å². The van der Waals surface area contributed by atoms with Crippen molar-refractivity contribution in [3.8, 4) is 0 Å². The Kier molecular flexibility index (Phi) is 8.13. The van der Waals surface area contributed by atoms with Gasteiger partial charge in [0, 0.05) is 29.6 Å². The summed E-state index contributed by atoms with van der Waals surface area (Å²) < 4.78 is 9.56. The molecule has 0 bridgehead atoms. The molecule has 0 saturated carbocycles. The fourth-order valence-electron chi connectivity index (χ4n) is 3.16. The van der Waals surface area contributed by atoms with Crippen molar-refractivity contribution in [2.45, 2.75) is 19.3 Å². The van der Waals surface area contributed by atoms with E-state index in [-0.39, 0.29) is 18.7 Å². The molecular formula is C25H24N2O6. The van der Waals surface area contributed by atoms with E-state index >= 15 is 0 Å². The number of benzene rings is 3. The normalized spacial score (nSPS) is 10.3. The first-order chi connectivity index (χ1) is 16.0. The fraction of sp³-hybridized carbons (Fsp3) is 0.200. The summed E-state index contributed by atoms with van der Waals surface area (Å²) in [4.78, 5) is 47.5. The monoisotopic (exact) mass is 448 g/mol. The SMILES string of the molecule is COC(=O)c1ccc(NC(=O)COC(=O)CCCC(=O)Nc2cccc3ccccc23)cc1. The van der Waals surface area contributed by atoms with Crippen molar-refractivity contribution in [1.82, 2.24) is 0 Å². The van der Waals surface area contributed by atoms with Gasteiger partial charge in [-0.3, -0.25) is 14.4 Å². The van der Waals surface area contributed by atoms with Crippen LogP contribution in [0.3, 0.4) is 0 Å². The molecule has 3 aromatic carbocycles. The van der Waals surface area contributed by atoms with Crippen LogP contribution in [-0.4, -0.2) is 37.5 Å². The molecule has 33 heavy (non-hydrogen) atoms. The summed E-state index contributed by atoms with van der Waals surface area (Å²) in [6.07, 6.45) is 0.465. The van der Waals surface area contributed by atoms with Crippen LogP contribution in [0.1, 0.15) is 29.6 Å². The standard InChI is InChI=1S/C25H24N2O6/c1-32-25(31)18-12-14-19(15-13-18)26-23(29)16-33-24(30)11-5-10-22(28)27-21-9-4-7-17-6-2-3-8-20(17)21/h2-4,6-9,12-15H,5,10-11,16H2,1H3,(H,26,29)(H,27,28). The van der Waals surface area contributed by atoms with Gasteiger partial charge in [-0.15, -0.1) is 0 Å². The highest BCUT2D eigenvalue weighted by molar-refractivity contribution is 6.02. The van der Waals surface area contributed by atoms with Gasteiger partial charge >= 0.3 is 11.9 Å². The zero-order valence-electron chi connectivity index (χ0n) is 18.1. The first-order valence-electron chi connectivity index (χ1n) is 10.4. The zero-order valence-corrected chi connectivity index (χ0v) is 18.1. The fourth-order valence-corrected chi connectivity index (χ4v) is 3.16. The van der Waals surface area contributed by atoms with Crippen LogP contribution < -0.4 is 10.6 Å². The molecule has 0 fully saturated rings. The topological polar surface area (TPSA) is 111 Å². The summed E-state index contributed by atoms with van der Waals surface area (Å²) in [5.74, 6) is -1.76. The van der Waals surface area contributed by atoms with Crippen molar-refractivity contribution in [2.24, 2.45) is 0 Å². The third-order valence-electron chi connectivity index (χ3n) is 4.80. The summed E-state index contributed by atoms with van der Waals surface area (Å²) in [6, 6.07) is 19.5. The number of hydrogen-bond donors (Lipinski definition) is 2. The smallest absolute Gasteiger partial charge is 0.337 e. The van der Waals surface area contributed by atoms with E-state index in [1.807, 2.05) is 42.5 Å². The largest absolute Gasteiger partial charge is 0.465 e. The predicted octanol–water partition coefficient (Wildman–Crippen LogP) is 3.92. The molecule has 0 radical (unpaired) electrons. The molecule has 0 aromatic heterocycles. The Morgan fingerprint density at radius 2 is 1.52 bits per heavy atom. The number of esters is 2. The summed E-state index contributed by atoms with van der Waals surface area (Å²) in [7, 11) is 1.28. The summed E-state index contributed by atoms with van der Waals surface area (Å²) >= 11 is 0. The maximum absolute atomic E-state index is 12.2. The molecule has 0 heterocycles. The molecule has 3 rings (SSSR count). The number of fused-ring (bicyclic) bond motifs is 1. The predicted molar refractivity (Wildman–Crippen MR) is 124 cm³/mol. The summed E-state index contributed by atoms with van der Waals surface area (Å²) in [6.45, 7) is -0.445. The van der Waals surface area contributed by atoms with E-state index in [0.717, 1.165) is 16.5 Å². The lowest BCUT2D eigenvalue weighted by molar-refractivity contribution is -0.147. The Bertz CT molecular complexity index is 1150. The Morgan fingerprint density at radius 3 is 2.27 bits per heavy atom. The van der Waals surface area contributed by atoms with Crippen LogP contribution in [-0.2, 0) is 23.9 Å². The van der Waals surface area contributed by atoms with Crippen LogP contribution in [0.5, 0.6) is 0 Å². The number of hydrogen-bond acceptors (Lipinski definition) is 6. The third-order valence-corrected chi connectivity index (χ3v) is 4.80. The molecule has 2 N–H and O–H groups in total. The van der Waals surface area contributed by atoms with E-state index in [1.165, 1.54) is 19.2 Å². The lowest BCUT2D eigenvalue weighted by Crippen LogP contribution is -2.21. The van der Waals surface area contributed by atoms with Crippen LogP contribution in [0.2, 0.25) is 0 Å². The van der Waals surface area contributed by atoms with E-state index in [4.69, 9.17) is 4.74 Å². The van der Waals surface area contributed by atoms with Crippen LogP contribution >= 0.6 is 0 Å². The van der Waals surface area contributed by atoms with Crippen molar-refractivity contribution in [2.75, 3.05) is 24.4 Å². The number of rotatable bonds is 9. The molecule has 0 saturated heterocycles. The summed E-state index contributed by atoms with van der Waals surface area (Å²) in [5.41, 5.74) is 1.53. The molecule has 0 aliphatic carbocycles. The molecule has 2 amide bonds. The van der Waals surface area contributed by atoms with Crippen molar-refractivity contribution >= 4 is 45.9 Å². The van der Waals surface area contributed by atoms with Gasteiger partial charge < -0.3 is 20.1 Å². The first kappa shape index (κ1) is 23.5. The van der Waals surface area contributed by atoms with Crippen molar-refractivity contribution < 1.29 is 28.7 Å². The van der Waals surface area contributed by atoms with Crippen molar-refractivity contribution in [3.63, 3.8) is 0 Å². The molecule has 0 aliphatic heterocycles. The molecular weight excluding hydrogens is 424 g/mol. The van der Waals surface area contributed by atoms with E-state index in [2.05, 4.69) is 15.4 Å². The Balaban J connectivity index is 1.36. The maximum Gasteiger partial charge on any atom is 0.337 e. The second kappa shape index (κ2) is 11.4. The van der Waals surface area contributed by atoms with Crippen molar-refractivity contribution in [1.29, 1.82) is 0 Å². The average Bonchev–Trinajstić information content (AvgIpc) is 2.83. The zero-order chi connectivity index (χ0) is 23.6. The highest BCUT2D eigenvalue weighted by Crippen LogP contribution is 2.23. The van der Waals surface area contributed by atoms with E-state index in [0.29, 0.717) is 17.7 Å². The van der Waals surface area contributed by atoms with Gasteiger partial charge in [-0.25, -0.2) is 4.79 Å². The third kappa shape index (κ3) is 6.90. The highest BCUT2D eigenvalue weighted by Gasteiger charge is 2.11. The Morgan fingerprint density at radius 1 is 0.788 bits per heavy atom. The van der Waals surface area contributed by atoms with Gasteiger partial charge in [0.2, 0.25) is 5.91 Å². The number of ether oxygens (including phenoxy) is 2. The molecule has 170 valence electrons. The van der Waals surface area contributed by atoms with E-state index < -0.39 is 24.5 Å². The van der Waals surface area contributed by atoms with Crippen LogP contribution in [0.4, 0.5) is 11.4 Å². The molecule has 3 aromatic rings. The summed E-state index contributed by atoms with van der Waals surface area (Å²) in [5, 5.41) is 7.40. The quantitative estimate of drug-likeness (QED) is 0.480.